The molecule has 0 N–H and O–H groups in total. The van der Waals surface area contributed by atoms with Gasteiger partial charge in [-0.25, -0.2) is 0 Å². The first-order valence-electron chi connectivity index (χ1n) is 6.55. The summed E-state index contributed by atoms with van der Waals surface area (Å²) in [6.45, 7) is 0. The van der Waals surface area contributed by atoms with E-state index in [0.717, 1.165) is 5.92 Å². The monoisotopic (exact) mass is 341 g/mol. The molecule has 2 fully saturated rings. The van der Waals surface area contributed by atoms with E-state index in [0.29, 0.717) is 18.2 Å². The minimum absolute atomic E-state index is 0.386. The molecule has 0 spiro atoms. The highest BCUT2D eigenvalue weighted by Gasteiger charge is 2.53. The number of ether oxygens (including phenoxy) is 1. The van der Waals surface area contributed by atoms with Crippen molar-refractivity contribution in [3.63, 3.8) is 0 Å². The zero-order chi connectivity index (χ0) is 11.4. The minimum Gasteiger partial charge on any atom is -0.364 e. The molecule has 4 unspecified atom stereocenters. The van der Waals surface area contributed by atoms with E-state index in [1.165, 1.54) is 36.9 Å². The molecular weight excluding hydrogens is 325 g/mol. The van der Waals surface area contributed by atoms with Crippen LogP contribution in [0.4, 0.5) is 5.69 Å². The Kier molecular flexibility index (Phi) is 2.40. The van der Waals surface area contributed by atoms with Gasteiger partial charge in [0.2, 0.25) is 0 Å². The molecule has 2 heterocycles. The first-order valence-corrected chi connectivity index (χ1v) is 7.52. The fourth-order valence-corrected chi connectivity index (χ4v) is 4.74. The van der Waals surface area contributed by atoms with Gasteiger partial charge in [-0.05, 0) is 18.9 Å². The Morgan fingerprint density at radius 1 is 1.18 bits per heavy atom. The highest BCUT2D eigenvalue weighted by atomic mass is 127. The molecule has 3 heteroatoms. The van der Waals surface area contributed by atoms with Gasteiger partial charge in [0.15, 0.2) is 0 Å². The van der Waals surface area contributed by atoms with E-state index in [2.05, 4.69) is 50.2 Å². The number of benzene rings is 1. The second-order valence-electron chi connectivity index (χ2n) is 5.41. The van der Waals surface area contributed by atoms with E-state index in [1.807, 2.05) is 0 Å². The fourth-order valence-electron chi connectivity index (χ4n) is 3.61. The molecule has 2 nitrogen and oxygen atoms in total. The van der Waals surface area contributed by atoms with Crippen molar-refractivity contribution in [2.24, 2.45) is 5.92 Å². The summed E-state index contributed by atoms with van der Waals surface area (Å²) in [4.78, 5) is 0. The van der Waals surface area contributed by atoms with Crippen LogP contribution in [0.2, 0.25) is 0 Å². The Hall–Kier alpha value is -0.290. The Labute approximate surface area is 116 Å². The Morgan fingerprint density at radius 2 is 2.00 bits per heavy atom. The predicted molar refractivity (Wildman–Crippen MR) is 76.3 cm³/mol. The highest BCUT2D eigenvalue weighted by Crippen LogP contribution is 2.55. The van der Waals surface area contributed by atoms with Crippen molar-refractivity contribution in [3.8, 4) is 0 Å². The van der Waals surface area contributed by atoms with Gasteiger partial charge in [0, 0.05) is 17.5 Å². The van der Waals surface area contributed by atoms with Crippen LogP contribution in [0, 0.1) is 5.92 Å². The van der Waals surface area contributed by atoms with Crippen molar-refractivity contribution < 1.29 is 4.74 Å². The fraction of sp³-hybridized carbons (Fsp3) is 0.571. The Morgan fingerprint density at radius 3 is 2.94 bits per heavy atom. The summed E-state index contributed by atoms with van der Waals surface area (Å²) >= 11 is 2.52. The summed E-state index contributed by atoms with van der Waals surface area (Å²) in [7, 11) is 0. The molecule has 90 valence electrons. The smallest absolute Gasteiger partial charge is 0.112 e. The molecule has 3 aliphatic rings. The maximum absolute atomic E-state index is 5.97. The van der Waals surface area contributed by atoms with Gasteiger partial charge in [-0.1, -0.05) is 31.0 Å². The van der Waals surface area contributed by atoms with Crippen LogP contribution < -0.4 is 3.11 Å². The molecule has 1 aliphatic carbocycles. The summed E-state index contributed by atoms with van der Waals surface area (Å²) in [6, 6.07) is 9.45. The summed E-state index contributed by atoms with van der Waals surface area (Å²) in [5.74, 6) is 0.748. The maximum Gasteiger partial charge on any atom is 0.112 e. The highest BCUT2D eigenvalue weighted by molar-refractivity contribution is 14.1. The van der Waals surface area contributed by atoms with Gasteiger partial charge in [-0.2, -0.15) is 0 Å². The van der Waals surface area contributed by atoms with Gasteiger partial charge in [-0.3, -0.25) is 0 Å². The SMILES string of the molecule is IN1c2ccccc2C2OC2C2CCCCC21. The normalized spacial score (nSPS) is 38.8. The van der Waals surface area contributed by atoms with Crippen molar-refractivity contribution in [1.29, 1.82) is 0 Å². The number of rotatable bonds is 0. The van der Waals surface area contributed by atoms with Gasteiger partial charge in [0.05, 0.1) is 34.7 Å². The predicted octanol–water partition coefficient (Wildman–Crippen LogP) is 3.86. The Bertz CT molecular complexity index is 450. The number of nitrogens with zero attached hydrogens (tertiary/aromatic N) is 1. The molecule has 1 saturated carbocycles. The van der Waals surface area contributed by atoms with Crippen molar-refractivity contribution >= 4 is 28.6 Å². The lowest BCUT2D eigenvalue weighted by molar-refractivity contribution is 0.237. The van der Waals surface area contributed by atoms with Crippen molar-refractivity contribution in [2.45, 2.75) is 43.9 Å². The van der Waals surface area contributed by atoms with Crippen molar-refractivity contribution in [2.75, 3.05) is 3.11 Å². The largest absolute Gasteiger partial charge is 0.364 e. The number of hydrogen-bond donors (Lipinski definition) is 0. The van der Waals surface area contributed by atoms with Gasteiger partial charge in [0.1, 0.15) is 6.10 Å². The number of halogens is 1. The molecule has 4 rings (SSSR count). The Balaban J connectivity index is 1.80. The summed E-state index contributed by atoms with van der Waals surface area (Å²) in [5.41, 5.74) is 2.79. The molecule has 17 heavy (non-hydrogen) atoms. The van der Waals surface area contributed by atoms with Crippen LogP contribution in [0.1, 0.15) is 37.4 Å². The quantitative estimate of drug-likeness (QED) is 0.405. The zero-order valence-electron chi connectivity index (χ0n) is 9.68. The lowest BCUT2D eigenvalue weighted by Gasteiger charge is -2.36. The molecule has 1 saturated heterocycles. The summed E-state index contributed by atoms with van der Waals surface area (Å²) in [6.07, 6.45) is 6.32. The third kappa shape index (κ3) is 1.55. The third-order valence-corrected chi connectivity index (χ3v) is 5.73. The number of hydrogen-bond acceptors (Lipinski definition) is 2. The standard InChI is InChI=1S/C14H16INO/c15-16-11-7-3-1-5-9(11)13-14(17-13)10-6-2-4-8-12(10)16/h1,3,5,7,10,12-14H,2,4,6,8H2. The van der Waals surface area contributed by atoms with Gasteiger partial charge >= 0.3 is 0 Å². The van der Waals surface area contributed by atoms with Crippen molar-refractivity contribution in [3.05, 3.63) is 29.8 Å². The van der Waals surface area contributed by atoms with Gasteiger partial charge < -0.3 is 7.85 Å². The zero-order valence-corrected chi connectivity index (χ0v) is 11.8. The summed E-state index contributed by atoms with van der Waals surface area (Å²) < 4.78 is 8.46. The molecule has 1 aromatic carbocycles. The van der Waals surface area contributed by atoms with Crippen LogP contribution in [-0.4, -0.2) is 12.1 Å². The van der Waals surface area contributed by atoms with E-state index in [4.69, 9.17) is 4.74 Å². The molecule has 0 radical (unpaired) electrons. The van der Waals surface area contributed by atoms with Crippen LogP contribution in [0.15, 0.2) is 24.3 Å². The number of anilines is 1. The van der Waals surface area contributed by atoms with E-state index >= 15 is 0 Å². The average molecular weight is 341 g/mol. The third-order valence-electron chi connectivity index (χ3n) is 4.49. The first kappa shape index (κ1) is 10.6. The van der Waals surface area contributed by atoms with Crippen molar-refractivity contribution in [1.82, 2.24) is 0 Å². The maximum atomic E-state index is 5.97. The van der Waals surface area contributed by atoms with E-state index in [-0.39, 0.29) is 0 Å². The second-order valence-corrected chi connectivity index (χ2v) is 6.45. The lowest BCUT2D eigenvalue weighted by atomic mass is 9.82. The van der Waals surface area contributed by atoms with Crippen LogP contribution in [0.5, 0.6) is 0 Å². The molecular formula is C14H16INO. The molecule has 4 atom stereocenters. The first-order chi connectivity index (χ1) is 8.36. The minimum atomic E-state index is 0.386. The average Bonchev–Trinajstić information content (AvgIpc) is 3.18. The van der Waals surface area contributed by atoms with E-state index < -0.39 is 0 Å². The molecule has 0 bridgehead atoms. The summed E-state index contributed by atoms with van der Waals surface area (Å²) in [5, 5.41) is 0. The van der Waals surface area contributed by atoms with Crippen LogP contribution in [-0.2, 0) is 4.74 Å². The van der Waals surface area contributed by atoms with Crippen LogP contribution in [0.3, 0.4) is 0 Å². The van der Waals surface area contributed by atoms with Crippen LogP contribution in [0.25, 0.3) is 0 Å². The van der Waals surface area contributed by atoms with Crippen LogP contribution >= 0.6 is 22.9 Å². The number of epoxide rings is 1. The van der Waals surface area contributed by atoms with Gasteiger partial charge in [0.25, 0.3) is 0 Å². The second kappa shape index (κ2) is 3.85. The number of para-hydroxylation sites is 1. The molecule has 2 aliphatic heterocycles. The van der Waals surface area contributed by atoms with E-state index in [1.54, 1.807) is 0 Å². The lowest BCUT2D eigenvalue weighted by Crippen LogP contribution is -2.38. The molecule has 1 aromatic rings. The molecule has 0 aromatic heterocycles. The topological polar surface area (TPSA) is 15.8 Å². The van der Waals surface area contributed by atoms with Gasteiger partial charge in [-0.15, -0.1) is 0 Å². The van der Waals surface area contributed by atoms with E-state index in [9.17, 15) is 0 Å². The molecule has 0 amide bonds. The number of fused-ring (bicyclic) bond motifs is 5.